The minimum atomic E-state index is -1.00. The molecule has 0 aromatic rings. The lowest BCUT2D eigenvalue weighted by atomic mass is 9.87. The van der Waals surface area contributed by atoms with E-state index < -0.39 is 59.5 Å². The zero-order chi connectivity index (χ0) is 39.3. The fraction of sp³-hybridized carbons (Fsp3) is 0.800. The number of nitrogens with two attached hydrogens (primary N) is 3. The summed E-state index contributed by atoms with van der Waals surface area (Å²) in [5.74, 6) is -3.23. The Morgan fingerprint density at radius 2 is 1.10 bits per heavy atom. The third-order valence-electron chi connectivity index (χ3n) is 8.15. The molecule has 2 rings (SSSR count). The molecule has 52 heavy (non-hydrogen) atoms. The van der Waals surface area contributed by atoms with Gasteiger partial charge in [-0.05, 0) is 83.0 Å². The van der Waals surface area contributed by atoms with Gasteiger partial charge >= 0.3 is 6.09 Å². The Labute approximate surface area is 314 Å². The van der Waals surface area contributed by atoms with Gasteiger partial charge in [-0.25, -0.2) is 4.79 Å². The molecule has 0 bridgehead atoms. The number of hydrogen-bond donors (Lipinski definition) is 8. The molecule has 6 atom stereocenters. The summed E-state index contributed by atoms with van der Waals surface area (Å²) in [6, 6.07) is -3.49. The summed E-state index contributed by atoms with van der Waals surface area (Å²) in [4.78, 5) is 84.4. The van der Waals surface area contributed by atoms with Crippen molar-refractivity contribution in [1.82, 2.24) is 26.6 Å². The maximum Gasteiger partial charge on any atom is 0.408 e. The van der Waals surface area contributed by atoms with Crippen LogP contribution in [0.4, 0.5) is 4.79 Å². The fourth-order valence-corrected chi connectivity index (χ4v) is 5.76. The molecule has 16 nitrogen and oxygen atoms in total. The molecule has 300 valence electrons. The average molecular weight is 761 g/mol. The van der Waals surface area contributed by atoms with Crippen molar-refractivity contribution in [3.8, 4) is 0 Å². The Hall–Kier alpha value is -3.66. The van der Waals surface area contributed by atoms with Crippen molar-refractivity contribution in [3.63, 3.8) is 0 Å². The van der Waals surface area contributed by atoms with Crippen LogP contribution in [0.25, 0.3) is 0 Å². The zero-order valence-electron chi connectivity index (χ0n) is 32.4. The summed E-state index contributed by atoms with van der Waals surface area (Å²) in [6.45, 7) is 18.2. The van der Waals surface area contributed by atoms with Gasteiger partial charge in [0, 0.05) is 24.9 Å². The van der Waals surface area contributed by atoms with Crippen molar-refractivity contribution in [2.24, 2.45) is 39.9 Å². The van der Waals surface area contributed by atoms with Crippen LogP contribution in [-0.2, 0) is 33.5 Å². The molecule has 0 radical (unpaired) electrons. The number of carbonyl (C=O) groups excluding carboxylic acids is 7. The molecule has 2 fully saturated rings. The number of ether oxygens (including phenoxy) is 1. The predicted molar refractivity (Wildman–Crippen MR) is 199 cm³/mol. The van der Waals surface area contributed by atoms with E-state index >= 15 is 0 Å². The molecule has 0 aliphatic carbocycles. The number of rotatable bonds is 13. The van der Waals surface area contributed by atoms with E-state index in [1.165, 1.54) is 0 Å². The fourth-order valence-electron chi connectivity index (χ4n) is 5.76. The van der Waals surface area contributed by atoms with Gasteiger partial charge in [-0.15, -0.1) is 12.4 Å². The molecule has 0 aromatic carbocycles. The van der Waals surface area contributed by atoms with Crippen molar-refractivity contribution >= 4 is 53.9 Å². The molecule has 0 saturated carbocycles. The van der Waals surface area contributed by atoms with Gasteiger partial charge < -0.3 is 48.5 Å². The number of halogens is 1. The lowest BCUT2D eigenvalue weighted by Gasteiger charge is -2.30. The molecule has 2 saturated heterocycles. The van der Waals surface area contributed by atoms with Crippen molar-refractivity contribution in [3.05, 3.63) is 0 Å². The Bertz CT molecular complexity index is 1240. The van der Waals surface area contributed by atoms with Gasteiger partial charge in [-0.1, -0.05) is 41.5 Å². The van der Waals surface area contributed by atoms with Gasteiger partial charge in [0.1, 0.15) is 23.7 Å². The first-order chi connectivity index (χ1) is 23.3. The highest BCUT2D eigenvalue weighted by Gasteiger charge is 2.34. The molecule has 2 aliphatic rings. The number of primary amides is 2. The van der Waals surface area contributed by atoms with Crippen LogP contribution >= 0.6 is 12.4 Å². The number of carbonyl (C=O) groups is 7. The average Bonchev–Trinajstić information content (AvgIpc) is 2.95. The number of alkyl carbamates (subject to hydrolysis) is 1. The van der Waals surface area contributed by atoms with Gasteiger partial charge in [0.05, 0.1) is 6.04 Å². The van der Waals surface area contributed by atoms with Crippen molar-refractivity contribution < 1.29 is 38.3 Å². The lowest BCUT2D eigenvalue weighted by molar-refractivity contribution is -0.131. The van der Waals surface area contributed by atoms with Crippen LogP contribution in [0.15, 0.2) is 0 Å². The topological polar surface area (TPSA) is 267 Å². The number of amides is 7. The molecular weight excluding hydrogens is 696 g/mol. The molecule has 11 N–H and O–H groups in total. The first-order valence-corrected chi connectivity index (χ1v) is 17.8. The molecule has 7 amide bonds. The third kappa shape index (κ3) is 19.8. The minimum absolute atomic E-state index is 0. The zero-order valence-corrected chi connectivity index (χ0v) is 33.3. The smallest absolute Gasteiger partial charge is 0.408 e. The van der Waals surface area contributed by atoms with Gasteiger partial charge in [0.2, 0.25) is 35.4 Å². The number of piperidine rings is 2. The summed E-state index contributed by atoms with van der Waals surface area (Å²) < 4.78 is 5.25. The van der Waals surface area contributed by atoms with Gasteiger partial charge in [-0.2, -0.15) is 0 Å². The van der Waals surface area contributed by atoms with Crippen LogP contribution in [0.2, 0.25) is 0 Å². The largest absolute Gasteiger partial charge is 0.444 e. The normalized spacial score (nSPS) is 20.0. The van der Waals surface area contributed by atoms with Gasteiger partial charge in [-0.3, -0.25) is 28.8 Å². The molecule has 2 aliphatic heterocycles. The van der Waals surface area contributed by atoms with E-state index in [9.17, 15) is 33.6 Å². The standard InChI is InChI=1S/C20H36N4O5.C15H28N4O3.ClH/c1-19(2,3)11-14(24-18(28)29-20(4,5)6)17(27)23-13(15(21)25)10-12-8-7-9-22-16(12)26;1-15(2,3)8-10(16)14(22)19-11(12(17)20)7-9-5-4-6-18-13(9)21;/h12-14H,7-11H2,1-6H3,(H2,21,25)(H,22,26)(H,23,27)(H,24,28);9-11H,4-8,16H2,1-3H3,(H2,17,20)(H,18,21)(H,19,22);1H/t12-,13-,14-;9-,10-,11-;/m00./s1. The van der Waals surface area contributed by atoms with Crippen LogP contribution in [-0.4, -0.2) is 84.4 Å². The van der Waals surface area contributed by atoms with E-state index in [1.807, 2.05) is 41.5 Å². The minimum Gasteiger partial charge on any atom is -0.444 e. The SMILES string of the molecule is CC(C)(C)C[C@H](N)C(=O)N[C@@H](C[C@@H]1CCCNC1=O)C(N)=O.CC(C)(C)C[C@H](NC(=O)OC(C)(C)C)C(=O)N[C@@H](C[C@@H]1CCCNC1=O)C(N)=O.Cl. The second-order valence-corrected chi connectivity index (χ2v) is 17.0. The highest BCUT2D eigenvalue weighted by molar-refractivity contribution is 5.92. The molecule has 17 heteroatoms. The highest BCUT2D eigenvalue weighted by Crippen LogP contribution is 2.23. The third-order valence-corrected chi connectivity index (χ3v) is 8.15. The highest BCUT2D eigenvalue weighted by atomic mass is 35.5. The van der Waals surface area contributed by atoms with Crippen LogP contribution < -0.4 is 43.8 Å². The Balaban J connectivity index is 0.00000102. The van der Waals surface area contributed by atoms with E-state index in [1.54, 1.807) is 20.8 Å². The quantitative estimate of drug-likeness (QED) is 0.134. The molecule has 0 unspecified atom stereocenters. The van der Waals surface area contributed by atoms with E-state index in [0.29, 0.717) is 38.8 Å². The summed E-state index contributed by atoms with van der Waals surface area (Å²) >= 11 is 0. The molecular formula is C35H65ClN8O8. The van der Waals surface area contributed by atoms with Crippen LogP contribution in [0.1, 0.15) is 114 Å². The van der Waals surface area contributed by atoms with Crippen LogP contribution in [0.3, 0.4) is 0 Å². The predicted octanol–water partition coefficient (Wildman–Crippen LogP) is 1.26. The molecule has 0 spiro atoms. The Morgan fingerprint density at radius 3 is 1.44 bits per heavy atom. The monoisotopic (exact) mass is 760 g/mol. The van der Waals surface area contributed by atoms with E-state index in [2.05, 4.69) is 26.6 Å². The molecule has 2 heterocycles. The summed E-state index contributed by atoms with van der Waals surface area (Å²) in [5, 5.41) is 13.3. The second kappa shape index (κ2) is 21.1. The van der Waals surface area contributed by atoms with Crippen molar-refractivity contribution in [1.29, 1.82) is 0 Å². The van der Waals surface area contributed by atoms with Crippen molar-refractivity contribution in [2.75, 3.05) is 13.1 Å². The Morgan fingerprint density at radius 1 is 0.692 bits per heavy atom. The van der Waals surface area contributed by atoms with Crippen molar-refractivity contribution in [2.45, 2.75) is 143 Å². The second-order valence-electron chi connectivity index (χ2n) is 17.0. The van der Waals surface area contributed by atoms with Gasteiger partial charge in [0.15, 0.2) is 0 Å². The maximum atomic E-state index is 12.9. The Kier molecular flexibility index (Phi) is 19.7. The number of hydrogen-bond acceptors (Lipinski definition) is 9. The van der Waals surface area contributed by atoms with E-state index in [4.69, 9.17) is 21.9 Å². The van der Waals surface area contributed by atoms with Crippen LogP contribution in [0.5, 0.6) is 0 Å². The van der Waals surface area contributed by atoms with Crippen LogP contribution in [0, 0.1) is 22.7 Å². The lowest BCUT2D eigenvalue weighted by Crippen LogP contribution is -2.55. The van der Waals surface area contributed by atoms with Gasteiger partial charge in [0.25, 0.3) is 0 Å². The molecule has 0 aromatic heterocycles. The number of nitrogens with one attached hydrogen (secondary N) is 5. The first-order valence-electron chi connectivity index (χ1n) is 17.8. The maximum absolute atomic E-state index is 12.9. The summed E-state index contributed by atoms with van der Waals surface area (Å²) in [6.07, 6.45) is 3.44. The summed E-state index contributed by atoms with van der Waals surface area (Å²) in [5.41, 5.74) is 15.6. The first kappa shape index (κ1) is 48.3. The van der Waals surface area contributed by atoms with E-state index in [-0.39, 0.29) is 59.7 Å². The van der Waals surface area contributed by atoms with E-state index in [0.717, 1.165) is 12.8 Å². The summed E-state index contributed by atoms with van der Waals surface area (Å²) in [7, 11) is 0.